The summed E-state index contributed by atoms with van der Waals surface area (Å²) >= 11 is 0. The largest absolute Gasteiger partial charge is 0.456 e. The number of carbonyl (C=O) groups is 5. The van der Waals surface area contributed by atoms with Gasteiger partial charge in [-0.1, -0.05) is 45.4 Å². The molecule has 0 unspecified atom stereocenters. The maximum Gasteiger partial charge on any atom is 0.416 e. The van der Waals surface area contributed by atoms with Crippen LogP contribution in [0.2, 0.25) is 0 Å². The van der Waals surface area contributed by atoms with Gasteiger partial charge in [-0.3, -0.25) is 19.2 Å². The number of esters is 1. The number of ketones is 2. The van der Waals surface area contributed by atoms with E-state index in [1.54, 1.807) is 20.8 Å². The normalized spacial score (nSPS) is 35.7. The lowest BCUT2D eigenvalue weighted by Gasteiger charge is -2.47. The van der Waals surface area contributed by atoms with Crippen molar-refractivity contribution in [1.82, 2.24) is 4.90 Å². The van der Waals surface area contributed by atoms with Crippen molar-refractivity contribution in [2.45, 2.75) is 173 Å². The Morgan fingerprint density at radius 2 is 1.57 bits per heavy atom. The van der Waals surface area contributed by atoms with Crippen molar-refractivity contribution in [3.05, 3.63) is 53.1 Å². The Balaban J connectivity index is 1.41. The molecule has 1 aliphatic carbocycles. The first-order chi connectivity index (χ1) is 33.0. The number of nitrogens with one attached hydrogen (secondary N) is 1. The number of methoxy groups -OCH3 is 3. The van der Waals surface area contributed by atoms with Crippen LogP contribution in [0.4, 0.5) is 18.9 Å². The number of hydrogen-bond acceptors (Lipinski definition) is 13. The predicted octanol–water partition coefficient (Wildman–Crippen LogP) is 7.15. The third kappa shape index (κ3) is 14.1. The van der Waals surface area contributed by atoms with Crippen LogP contribution >= 0.6 is 0 Å². The SMILES string of the molecule is CC[C@@H]1/C=C(\C)C[C@H](C)C[C@H](OC)[C@H]2O[C@@](O)(C(=O)C(=O)N3CCCC[C@H]3C(=O)O[C@H](/C(C)=C/[C@@H]3CC[C@@H](OCC(=O)Nc4ccc(C(F)(F)F)cc4)[C@H](OC)C3)[C@H](C)[C@@H](O)CC1=O)[C@H](C)C[C@@H]2OC. The third-order valence-electron chi connectivity index (χ3n) is 14.8. The molecule has 0 spiro atoms. The van der Waals surface area contributed by atoms with Crippen molar-refractivity contribution in [2.24, 2.45) is 29.6 Å². The van der Waals surface area contributed by atoms with Gasteiger partial charge < -0.3 is 48.9 Å². The highest BCUT2D eigenvalue weighted by Crippen LogP contribution is 2.40. The summed E-state index contributed by atoms with van der Waals surface area (Å²) in [5, 5.41) is 26.5. The minimum absolute atomic E-state index is 0.0100. The van der Waals surface area contributed by atoms with Gasteiger partial charge in [0.25, 0.3) is 11.7 Å². The van der Waals surface area contributed by atoms with E-state index in [0.29, 0.717) is 56.9 Å². The molecule has 3 aliphatic heterocycles. The van der Waals surface area contributed by atoms with Crippen LogP contribution in [0.3, 0.4) is 0 Å². The van der Waals surface area contributed by atoms with E-state index in [1.807, 2.05) is 32.9 Å². The number of allylic oxidation sites excluding steroid dienone is 3. The van der Waals surface area contributed by atoms with E-state index < -0.39 is 108 Å². The van der Waals surface area contributed by atoms with E-state index >= 15 is 0 Å². The molecule has 3 heterocycles. The van der Waals surface area contributed by atoms with Crippen molar-refractivity contribution < 1.29 is 75.8 Å². The zero-order valence-corrected chi connectivity index (χ0v) is 42.1. The second-order valence-electron chi connectivity index (χ2n) is 20.1. The average Bonchev–Trinajstić information content (AvgIpc) is 3.32. The first kappa shape index (κ1) is 56.9. The van der Waals surface area contributed by atoms with Gasteiger partial charge in [0.05, 0.1) is 36.1 Å². The minimum atomic E-state index is -4.51. The fourth-order valence-corrected chi connectivity index (χ4v) is 10.7. The van der Waals surface area contributed by atoms with Gasteiger partial charge in [-0.15, -0.1) is 0 Å². The lowest BCUT2D eigenvalue weighted by molar-refractivity contribution is -0.302. The van der Waals surface area contributed by atoms with Crippen molar-refractivity contribution in [3.8, 4) is 0 Å². The van der Waals surface area contributed by atoms with Crippen LogP contribution in [0.15, 0.2) is 47.6 Å². The average molecular weight is 993 g/mol. The van der Waals surface area contributed by atoms with E-state index in [0.717, 1.165) is 34.7 Å². The number of anilines is 1. The molecule has 14 atom stereocenters. The third-order valence-corrected chi connectivity index (χ3v) is 14.8. The molecular weight excluding hydrogens is 918 g/mol. The number of rotatable bonds is 10. The number of carbonyl (C=O) groups excluding carboxylic acids is 5. The smallest absolute Gasteiger partial charge is 0.416 e. The quantitative estimate of drug-likeness (QED) is 0.122. The van der Waals surface area contributed by atoms with E-state index in [-0.39, 0.29) is 55.7 Å². The molecule has 3 fully saturated rings. The summed E-state index contributed by atoms with van der Waals surface area (Å²) in [6.07, 6.45) is -1.98. The number of fused-ring (bicyclic) bond motifs is 3. The van der Waals surface area contributed by atoms with Crippen LogP contribution in [0, 0.1) is 29.6 Å². The number of hydrogen-bond donors (Lipinski definition) is 3. The predicted molar refractivity (Wildman–Crippen MR) is 252 cm³/mol. The van der Waals surface area contributed by atoms with Gasteiger partial charge in [0.15, 0.2) is 0 Å². The Hall–Kier alpha value is -4.04. The highest BCUT2D eigenvalue weighted by atomic mass is 19.4. The number of aliphatic hydroxyl groups excluding tert-OH is 1. The van der Waals surface area contributed by atoms with Gasteiger partial charge in [0.1, 0.15) is 30.6 Å². The summed E-state index contributed by atoms with van der Waals surface area (Å²) in [6.45, 7) is 10.6. The molecule has 1 aromatic rings. The number of alkyl halides is 3. The zero-order chi connectivity index (χ0) is 51.7. The van der Waals surface area contributed by atoms with Crippen LogP contribution in [-0.2, 0) is 58.6 Å². The number of ether oxygens (including phenoxy) is 6. The number of benzene rings is 1. The number of halogens is 3. The maximum absolute atomic E-state index is 14.5. The molecule has 1 aromatic carbocycles. The molecule has 3 N–H and O–H groups in total. The first-order valence-electron chi connectivity index (χ1n) is 24.7. The van der Waals surface area contributed by atoms with Gasteiger partial charge >= 0.3 is 12.1 Å². The Morgan fingerprint density at radius 3 is 2.20 bits per heavy atom. The van der Waals surface area contributed by atoms with Crippen molar-refractivity contribution in [1.29, 1.82) is 0 Å². The molecule has 4 aliphatic rings. The summed E-state index contributed by atoms with van der Waals surface area (Å²) in [6, 6.07) is 2.88. The molecule has 1 saturated carbocycles. The molecule has 5 rings (SSSR count). The summed E-state index contributed by atoms with van der Waals surface area (Å²) in [4.78, 5) is 71.1. The highest BCUT2D eigenvalue weighted by Gasteiger charge is 2.56. The highest BCUT2D eigenvalue weighted by molar-refractivity contribution is 6.39. The summed E-state index contributed by atoms with van der Waals surface area (Å²) in [5.41, 5.74) is 0.874. The number of nitrogens with zero attached hydrogens (tertiary/aromatic N) is 1. The Labute approximate surface area is 410 Å². The molecule has 2 bridgehead atoms. The van der Waals surface area contributed by atoms with Crippen molar-refractivity contribution in [3.63, 3.8) is 0 Å². The molecule has 0 aromatic heterocycles. The Bertz CT molecular complexity index is 2030. The summed E-state index contributed by atoms with van der Waals surface area (Å²) in [5.74, 6) is -8.73. The topological polar surface area (TPSA) is 196 Å². The fourth-order valence-electron chi connectivity index (χ4n) is 10.7. The number of aliphatic hydroxyl groups is 2. The second kappa shape index (κ2) is 25.1. The molecule has 70 heavy (non-hydrogen) atoms. The lowest BCUT2D eigenvalue weighted by Crippen LogP contribution is -2.64. The molecular formula is C52H75F3N2O13. The van der Waals surface area contributed by atoms with E-state index in [4.69, 9.17) is 28.4 Å². The Kier molecular flexibility index (Phi) is 20.4. The van der Waals surface area contributed by atoms with Crippen molar-refractivity contribution >= 4 is 35.0 Å². The van der Waals surface area contributed by atoms with Crippen LogP contribution in [0.5, 0.6) is 0 Å². The summed E-state index contributed by atoms with van der Waals surface area (Å²) in [7, 11) is 4.54. The molecule has 2 amide bonds. The fraction of sp³-hybridized carbons (Fsp3) is 0.712. The molecule has 392 valence electrons. The van der Waals surface area contributed by atoms with Gasteiger partial charge in [-0.25, -0.2) is 4.79 Å². The number of cyclic esters (lactones) is 1. The van der Waals surface area contributed by atoms with Crippen LogP contribution < -0.4 is 5.32 Å². The molecule has 15 nitrogen and oxygen atoms in total. The molecule has 2 saturated heterocycles. The second-order valence-corrected chi connectivity index (χ2v) is 20.1. The Morgan fingerprint density at radius 1 is 0.914 bits per heavy atom. The van der Waals surface area contributed by atoms with Crippen LogP contribution in [0.1, 0.15) is 118 Å². The van der Waals surface area contributed by atoms with Gasteiger partial charge in [-0.05, 0) is 120 Å². The summed E-state index contributed by atoms with van der Waals surface area (Å²) < 4.78 is 75.1. The minimum Gasteiger partial charge on any atom is -0.456 e. The number of amides is 2. The molecule has 0 radical (unpaired) electrons. The number of piperidine rings is 1. The van der Waals surface area contributed by atoms with Crippen LogP contribution in [0.25, 0.3) is 0 Å². The van der Waals surface area contributed by atoms with E-state index in [1.165, 1.54) is 21.3 Å². The monoisotopic (exact) mass is 993 g/mol. The number of Topliss-reactive ketones (excluding diaryl/α,β-unsaturated/α-hetero) is 2. The van der Waals surface area contributed by atoms with Gasteiger partial charge in [0, 0.05) is 57.7 Å². The van der Waals surface area contributed by atoms with Gasteiger partial charge in [0.2, 0.25) is 11.7 Å². The molecule has 18 heteroatoms. The standard InChI is InChI=1S/C52H75F3N2O13/c1-10-35-22-29(2)21-30(3)23-43(66-8)47-44(67-9)25-32(5)51(64,70-47)48(61)49(62)57-20-12-11-13-38(57)50(63)69-46(33(6)39(58)27-40(35)59)31(4)24-34-14-19-41(42(26-34)65-7)68-28-45(60)56-37-17-15-36(16-18-37)52(53,54)55/h15-18,22,24,30,32-35,38-39,41-44,46-47,58,64H,10-14,19-21,23,25-28H2,1-9H3,(H,56,60)/b29-22+,31-24+/t30-,32+,33+,34-,35+,38-,39-,41+,42+,43-,44-,46+,47+,51+/m0/s1. The lowest BCUT2D eigenvalue weighted by atomic mass is 9.81. The van der Waals surface area contributed by atoms with E-state index in [2.05, 4.69) is 5.32 Å². The maximum atomic E-state index is 14.5. The van der Waals surface area contributed by atoms with Gasteiger partial charge in [-0.2, -0.15) is 13.2 Å². The zero-order valence-electron chi connectivity index (χ0n) is 42.1. The van der Waals surface area contributed by atoms with Crippen molar-refractivity contribution in [2.75, 3.05) is 39.8 Å². The van der Waals surface area contributed by atoms with E-state index in [9.17, 15) is 47.4 Å². The first-order valence-corrected chi connectivity index (χ1v) is 24.7. The van der Waals surface area contributed by atoms with Crippen LogP contribution in [-0.4, -0.2) is 134 Å².